The highest BCUT2D eigenvalue weighted by Gasteiger charge is 2.20. The van der Waals surface area contributed by atoms with Gasteiger partial charge in [-0.3, -0.25) is 9.52 Å². The molecule has 0 bridgehead atoms. The first kappa shape index (κ1) is 16.8. The molecular formula is C18H17N3O3S. The van der Waals surface area contributed by atoms with Gasteiger partial charge in [-0.2, -0.15) is 0 Å². The van der Waals surface area contributed by atoms with Crippen molar-refractivity contribution in [3.63, 3.8) is 0 Å². The first-order chi connectivity index (χ1) is 11.9. The minimum Gasteiger partial charge on any atom is -0.364 e. The van der Waals surface area contributed by atoms with Gasteiger partial charge in [-0.1, -0.05) is 48.5 Å². The zero-order valence-electron chi connectivity index (χ0n) is 13.5. The summed E-state index contributed by atoms with van der Waals surface area (Å²) in [5.41, 5.74) is 7.48. The van der Waals surface area contributed by atoms with Crippen LogP contribution in [0.5, 0.6) is 0 Å². The lowest BCUT2D eigenvalue weighted by molar-refractivity contribution is 0.0992. The van der Waals surface area contributed by atoms with Gasteiger partial charge in [0.25, 0.3) is 15.9 Å². The zero-order chi connectivity index (χ0) is 18.0. The maximum Gasteiger partial charge on any atom is 0.265 e. The Morgan fingerprint density at radius 2 is 1.68 bits per heavy atom. The predicted octanol–water partition coefficient (Wildman–Crippen LogP) is 2.59. The maximum absolute atomic E-state index is 12.7. The van der Waals surface area contributed by atoms with Crippen LogP contribution in [-0.2, 0) is 17.1 Å². The Balaban J connectivity index is 2.00. The number of hydrogen-bond donors (Lipinski definition) is 2. The van der Waals surface area contributed by atoms with Gasteiger partial charge in [0.2, 0.25) is 0 Å². The summed E-state index contributed by atoms with van der Waals surface area (Å²) in [5, 5.41) is 0. The molecule has 0 unspecified atom stereocenters. The van der Waals surface area contributed by atoms with Crippen LogP contribution in [0.25, 0.3) is 11.1 Å². The van der Waals surface area contributed by atoms with Gasteiger partial charge in [-0.05, 0) is 17.7 Å². The highest BCUT2D eigenvalue weighted by molar-refractivity contribution is 7.92. The molecule has 0 atom stereocenters. The number of rotatable bonds is 5. The minimum atomic E-state index is -3.86. The lowest BCUT2D eigenvalue weighted by Gasteiger charge is -2.12. The smallest absolute Gasteiger partial charge is 0.265 e. The SMILES string of the molecule is Cn1cc(S(=O)(=O)Nc2ccccc2-c2ccccc2)cc1C(N)=O. The van der Waals surface area contributed by atoms with Crippen molar-refractivity contribution in [3.05, 3.63) is 72.6 Å². The van der Waals surface area contributed by atoms with Gasteiger partial charge >= 0.3 is 0 Å². The minimum absolute atomic E-state index is 0.0216. The van der Waals surface area contributed by atoms with Crippen molar-refractivity contribution in [2.24, 2.45) is 12.8 Å². The lowest BCUT2D eigenvalue weighted by Crippen LogP contribution is -2.14. The van der Waals surface area contributed by atoms with Gasteiger partial charge in [0, 0.05) is 18.8 Å². The van der Waals surface area contributed by atoms with Crippen LogP contribution in [0.3, 0.4) is 0 Å². The first-order valence-electron chi connectivity index (χ1n) is 7.52. The predicted molar refractivity (Wildman–Crippen MR) is 96.6 cm³/mol. The molecule has 3 rings (SSSR count). The van der Waals surface area contributed by atoms with E-state index in [1.165, 1.54) is 16.8 Å². The molecule has 3 aromatic rings. The summed E-state index contributed by atoms with van der Waals surface area (Å²) in [6.07, 6.45) is 1.35. The van der Waals surface area contributed by atoms with Crippen molar-refractivity contribution < 1.29 is 13.2 Å². The molecule has 25 heavy (non-hydrogen) atoms. The number of hydrogen-bond acceptors (Lipinski definition) is 3. The number of carbonyl (C=O) groups excluding carboxylic acids is 1. The van der Waals surface area contributed by atoms with Crippen LogP contribution in [0, 0.1) is 0 Å². The van der Waals surface area contributed by atoms with Crippen molar-refractivity contribution in [3.8, 4) is 11.1 Å². The number of amides is 1. The van der Waals surface area contributed by atoms with Crippen LogP contribution in [-0.4, -0.2) is 18.9 Å². The Labute approximate surface area is 146 Å². The molecule has 0 aliphatic heterocycles. The molecule has 0 saturated carbocycles. The second-order valence-corrected chi connectivity index (χ2v) is 7.24. The number of aromatic nitrogens is 1. The van der Waals surface area contributed by atoms with Gasteiger partial charge in [0.1, 0.15) is 10.6 Å². The summed E-state index contributed by atoms with van der Waals surface area (Å²) in [6.45, 7) is 0. The maximum atomic E-state index is 12.7. The molecule has 0 aliphatic carbocycles. The molecule has 1 aromatic heterocycles. The number of primary amides is 1. The molecule has 3 N–H and O–H groups in total. The molecule has 0 radical (unpaired) electrons. The molecule has 2 aromatic carbocycles. The fourth-order valence-electron chi connectivity index (χ4n) is 2.57. The van der Waals surface area contributed by atoms with Crippen LogP contribution in [0.4, 0.5) is 5.69 Å². The molecule has 1 heterocycles. The number of nitrogens with two attached hydrogens (primary N) is 1. The summed E-state index contributed by atoms with van der Waals surface area (Å²) >= 11 is 0. The third kappa shape index (κ3) is 3.41. The fraction of sp³-hybridized carbons (Fsp3) is 0.0556. The molecule has 7 heteroatoms. The van der Waals surface area contributed by atoms with Gasteiger partial charge in [0.15, 0.2) is 0 Å². The molecular weight excluding hydrogens is 338 g/mol. The molecule has 0 saturated heterocycles. The van der Waals surface area contributed by atoms with Crippen LogP contribution in [0.15, 0.2) is 71.8 Å². The van der Waals surface area contributed by atoms with Crippen molar-refractivity contribution in [1.82, 2.24) is 4.57 Å². The number of nitrogens with zero attached hydrogens (tertiary/aromatic N) is 1. The van der Waals surface area contributed by atoms with Gasteiger partial charge < -0.3 is 10.3 Å². The van der Waals surface area contributed by atoms with E-state index in [4.69, 9.17) is 5.73 Å². The van der Waals surface area contributed by atoms with Crippen LogP contribution in [0.2, 0.25) is 0 Å². The Morgan fingerprint density at radius 3 is 2.32 bits per heavy atom. The number of aryl methyl sites for hydroxylation is 1. The Bertz CT molecular complexity index is 1020. The van der Waals surface area contributed by atoms with Crippen molar-refractivity contribution in [2.75, 3.05) is 4.72 Å². The normalized spacial score (nSPS) is 11.2. The number of sulfonamides is 1. The highest BCUT2D eigenvalue weighted by Crippen LogP contribution is 2.29. The van der Waals surface area contributed by atoms with E-state index in [0.717, 1.165) is 11.1 Å². The van der Waals surface area contributed by atoms with E-state index < -0.39 is 15.9 Å². The summed E-state index contributed by atoms with van der Waals surface area (Å²) in [5.74, 6) is -0.686. The second-order valence-electron chi connectivity index (χ2n) is 5.55. The van der Waals surface area contributed by atoms with E-state index in [2.05, 4.69) is 4.72 Å². The topological polar surface area (TPSA) is 94.2 Å². The van der Waals surface area contributed by atoms with Crippen molar-refractivity contribution >= 4 is 21.6 Å². The summed E-state index contributed by atoms with van der Waals surface area (Å²) in [7, 11) is -2.29. The molecule has 6 nitrogen and oxygen atoms in total. The van der Waals surface area contributed by atoms with E-state index in [-0.39, 0.29) is 10.6 Å². The largest absolute Gasteiger partial charge is 0.364 e. The summed E-state index contributed by atoms with van der Waals surface area (Å²) < 4.78 is 29.4. The Kier molecular flexibility index (Phi) is 4.33. The van der Waals surface area contributed by atoms with Gasteiger partial charge in [-0.25, -0.2) is 8.42 Å². The van der Waals surface area contributed by atoms with Crippen LogP contribution < -0.4 is 10.5 Å². The van der Waals surface area contributed by atoms with E-state index in [9.17, 15) is 13.2 Å². The average molecular weight is 355 g/mol. The number of nitrogens with one attached hydrogen (secondary N) is 1. The monoisotopic (exact) mass is 355 g/mol. The van der Waals surface area contributed by atoms with Crippen LogP contribution in [0.1, 0.15) is 10.5 Å². The summed E-state index contributed by atoms with van der Waals surface area (Å²) in [6, 6.07) is 17.9. The van der Waals surface area contributed by atoms with Crippen molar-refractivity contribution in [1.29, 1.82) is 0 Å². The zero-order valence-corrected chi connectivity index (χ0v) is 14.3. The third-order valence-electron chi connectivity index (χ3n) is 3.80. The molecule has 128 valence electrons. The van der Waals surface area contributed by atoms with Crippen molar-refractivity contribution in [2.45, 2.75) is 4.90 Å². The van der Waals surface area contributed by atoms with E-state index >= 15 is 0 Å². The Hall–Kier alpha value is -3.06. The quantitative estimate of drug-likeness (QED) is 0.736. The lowest BCUT2D eigenvalue weighted by atomic mass is 10.0. The molecule has 0 fully saturated rings. The van der Waals surface area contributed by atoms with E-state index in [0.29, 0.717) is 5.69 Å². The average Bonchev–Trinajstić information content (AvgIpc) is 2.99. The number of para-hydroxylation sites is 1. The fourth-order valence-corrected chi connectivity index (χ4v) is 3.72. The first-order valence-corrected chi connectivity index (χ1v) is 9.00. The standard InChI is InChI=1S/C18H17N3O3S/c1-21-12-14(11-17(21)18(19)22)25(23,24)20-16-10-6-5-9-15(16)13-7-3-2-4-8-13/h2-12,20H,1H3,(H2,19,22). The molecule has 0 aliphatic rings. The molecule has 0 spiro atoms. The number of carbonyl (C=O) groups is 1. The second kappa shape index (κ2) is 6.45. The Morgan fingerprint density at radius 1 is 1.04 bits per heavy atom. The number of anilines is 1. The molecule has 1 amide bonds. The summed E-state index contributed by atoms with van der Waals surface area (Å²) in [4.78, 5) is 11.3. The van der Waals surface area contributed by atoms with E-state index in [1.54, 1.807) is 19.2 Å². The van der Waals surface area contributed by atoms with Gasteiger partial charge in [0.05, 0.1) is 5.69 Å². The van der Waals surface area contributed by atoms with Gasteiger partial charge in [-0.15, -0.1) is 0 Å². The highest BCUT2D eigenvalue weighted by atomic mass is 32.2. The number of benzene rings is 2. The van der Waals surface area contributed by atoms with E-state index in [1.807, 2.05) is 42.5 Å². The third-order valence-corrected chi connectivity index (χ3v) is 5.13. The van der Waals surface area contributed by atoms with Crippen LogP contribution >= 0.6 is 0 Å².